The summed E-state index contributed by atoms with van der Waals surface area (Å²) in [6.45, 7) is 3.86. The Morgan fingerprint density at radius 3 is 2.79 bits per heavy atom. The standard InChI is InChI=1S/C14H24N2O3/c1-2-6-14(13(18)19)7-9-16(10-14)12(17)11-5-3-4-8-15-11/h11,15H,2-10H2,1H3,(H,18,19)/t11-,14?/m0/s1. The fourth-order valence-electron chi connectivity index (χ4n) is 3.31. The molecule has 0 radical (unpaired) electrons. The van der Waals surface area contributed by atoms with Gasteiger partial charge < -0.3 is 15.3 Å². The first kappa shape index (κ1) is 14.3. The van der Waals surface area contributed by atoms with Crippen molar-refractivity contribution in [3.05, 3.63) is 0 Å². The van der Waals surface area contributed by atoms with Gasteiger partial charge in [0, 0.05) is 13.1 Å². The highest BCUT2D eigenvalue weighted by Gasteiger charge is 2.46. The summed E-state index contributed by atoms with van der Waals surface area (Å²) in [6, 6.07) is -0.0972. The third-order valence-corrected chi connectivity index (χ3v) is 4.46. The van der Waals surface area contributed by atoms with Gasteiger partial charge in [-0.1, -0.05) is 19.8 Å². The van der Waals surface area contributed by atoms with Crippen LogP contribution in [0.3, 0.4) is 0 Å². The van der Waals surface area contributed by atoms with Crippen molar-refractivity contribution < 1.29 is 14.7 Å². The Kier molecular flexibility index (Phi) is 4.45. The molecule has 2 N–H and O–H groups in total. The fraction of sp³-hybridized carbons (Fsp3) is 0.857. The molecule has 0 saturated carbocycles. The number of likely N-dealkylation sites (tertiary alicyclic amines) is 1. The van der Waals surface area contributed by atoms with Crippen LogP contribution in [0.1, 0.15) is 45.4 Å². The molecule has 0 aromatic heterocycles. The Morgan fingerprint density at radius 1 is 1.42 bits per heavy atom. The molecule has 5 heteroatoms. The van der Waals surface area contributed by atoms with Gasteiger partial charge in [0.15, 0.2) is 0 Å². The average Bonchev–Trinajstić information content (AvgIpc) is 2.85. The third-order valence-electron chi connectivity index (χ3n) is 4.46. The van der Waals surface area contributed by atoms with Gasteiger partial charge in [-0.15, -0.1) is 0 Å². The number of piperidine rings is 1. The molecule has 5 nitrogen and oxygen atoms in total. The number of carboxylic acid groups (broad SMARTS) is 1. The summed E-state index contributed by atoms with van der Waals surface area (Å²) < 4.78 is 0. The second-order valence-electron chi connectivity index (χ2n) is 5.85. The van der Waals surface area contributed by atoms with Crippen LogP contribution in [-0.4, -0.2) is 47.6 Å². The largest absolute Gasteiger partial charge is 0.481 e. The molecule has 2 aliphatic heterocycles. The lowest BCUT2D eigenvalue weighted by Gasteiger charge is -2.29. The van der Waals surface area contributed by atoms with E-state index in [1.165, 1.54) is 0 Å². The molecular weight excluding hydrogens is 244 g/mol. The minimum Gasteiger partial charge on any atom is -0.481 e. The number of aliphatic carboxylic acids is 1. The number of hydrogen-bond donors (Lipinski definition) is 2. The smallest absolute Gasteiger partial charge is 0.311 e. The van der Waals surface area contributed by atoms with E-state index in [0.29, 0.717) is 25.9 Å². The first-order valence-electron chi connectivity index (χ1n) is 7.34. The van der Waals surface area contributed by atoms with Crippen molar-refractivity contribution in [2.24, 2.45) is 5.41 Å². The molecule has 0 spiro atoms. The summed E-state index contributed by atoms with van der Waals surface area (Å²) in [5.74, 6) is -0.653. The Labute approximate surface area is 114 Å². The van der Waals surface area contributed by atoms with Crippen LogP contribution >= 0.6 is 0 Å². The maximum absolute atomic E-state index is 12.4. The molecule has 2 aliphatic rings. The van der Waals surface area contributed by atoms with Crippen molar-refractivity contribution in [1.29, 1.82) is 0 Å². The van der Waals surface area contributed by atoms with Crippen molar-refractivity contribution in [2.75, 3.05) is 19.6 Å². The number of carboxylic acids is 1. The number of rotatable bonds is 4. The zero-order valence-corrected chi connectivity index (χ0v) is 11.7. The summed E-state index contributed by atoms with van der Waals surface area (Å²) in [5.41, 5.74) is -0.709. The average molecular weight is 268 g/mol. The molecule has 2 atom stereocenters. The molecule has 0 aliphatic carbocycles. The highest BCUT2D eigenvalue weighted by molar-refractivity contribution is 5.84. The summed E-state index contributed by atoms with van der Waals surface area (Å²) in [6.07, 6.45) is 5.17. The van der Waals surface area contributed by atoms with E-state index in [2.05, 4.69) is 5.32 Å². The minimum absolute atomic E-state index is 0.0962. The monoisotopic (exact) mass is 268 g/mol. The molecule has 19 heavy (non-hydrogen) atoms. The minimum atomic E-state index is -0.749. The Balaban J connectivity index is 1.99. The van der Waals surface area contributed by atoms with E-state index in [4.69, 9.17) is 0 Å². The van der Waals surface area contributed by atoms with Crippen LogP contribution in [0.15, 0.2) is 0 Å². The molecule has 108 valence electrons. The molecule has 0 aromatic carbocycles. The number of amides is 1. The van der Waals surface area contributed by atoms with Crippen LogP contribution in [0.25, 0.3) is 0 Å². The Hall–Kier alpha value is -1.10. The number of nitrogens with zero attached hydrogens (tertiary/aromatic N) is 1. The predicted molar refractivity (Wildman–Crippen MR) is 71.8 cm³/mol. The Bertz CT molecular complexity index is 353. The SMILES string of the molecule is CCCC1(C(=O)O)CCN(C(=O)[C@@H]2CCCCN2)C1. The highest BCUT2D eigenvalue weighted by Crippen LogP contribution is 2.36. The van der Waals surface area contributed by atoms with Crippen molar-refractivity contribution >= 4 is 11.9 Å². The second-order valence-corrected chi connectivity index (χ2v) is 5.85. The maximum Gasteiger partial charge on any atom is 0.311 e. The van der Waals surface area contributed by atoms with Crippen molar-refractivity contribution in [2.45, 2.75) is 51.5 Å². The number of carbonyl (C=O) groups is 2. The summed E-state index contributed by atoms with van der Waals surface area (Å²) in [7, 11) is 0. The quantitative estimate of drug-likeness (QED) is 0.804. The molecule has 2 heterocycles. The lowest BCUT2D eigenvalue weighted by molar-refractivity contribution is -0.149. The first-order valence-corrected chi connectivity index (χ1v) is 7.34. The van der Waals surface area contributed by atoms with Crippen LogP contribution in [0.5, 0.6) is 0 Å². The van der Waals surface area contributed by atoms with E-state index < -0.39 is 11.4 Å². The molecule has 1 amide bonds. The molecule has 0 aromatic rings. The summed E-state index contributed by atoms with van der Waals surface area (Å²) in [4.78, 5) is 25.6. The van der Waals surface area contributed by atoms with Gasteiger partial charge in [-0.2, -0.15) is 0 Å². The zero-order valence-electron chi connectivity index (χ0n) is 11.7. The predicted octanol–water partition coefficient (Wildman–Crippen LogP) is 1.23. The Morgan fingerprint density at radius 2 is 2.21 bits per heavy atom. The molecule has 2 saturated heterocycles. The normalized spacial score (nSPS) is 31.4. The van der Waals surface area contributed by atoms with E-state index >= 15 is 0 Å². The molecule has 0 bridgehead atoms. The topological polar surface area (TPSA) is 69.6 Å². The number of nitrogens with one attached hydrogen (secondary N) is 1. The van der Waals surface area contributed by atoms with Crippen molar-refractivity contribution in [1.82, 2.24) is 10.2 Å². The molecule has 2 fully saturated rings. The first-order chi connectivity index (χ1) is 9.09. The molecule has 2 rings (SSSR count). The van der Waals surface area contributed by atoms with Gasteiger partial charge in [0.05, 0.1) is 11.5 Å². The lowest BCUT2D eigenvalue weighted by Crippen LogP contribution is -2.48. The van der Waals surface area contributed by atoms with Gasteiger partial charge in [-0.05, 0) is 32.2 Å². The van der Waals surface area contributed by atoms with E-state index in [9.17, 15) is 14.7 Å². The fourth-order valence-corrected chi connectivity index (χ4v) is 3.31. The van der Waals surface area contributed by atoms with Gasteiger partial charge in [-0.3, -0.25) is 9.59 Å². The van der Waals surface area contributed by atoms with Crippen LogP contribution in [0, 0.1) is 5.41 Å². The number of carbonyl (C=O) groups excluding carboxylic acids is 1. The van der Waals surface area contributed by atoms with Gasteiger partial charge in [-0.25, -0.2) is 0 Å². The second kappa shape index (κ2) is 5.90. The van der Waals surface area contributed by atoms with Crippen LogP contribution < -0.4 is 5.32 Å². The molecular formula is C14H24N2O3. The van der Waals surface area contributed by atoms with Gasteiger partial charge in [0.2, 0.25) is 5.91 Å². The van der Waals surface area contributed by atoms with Crippen LogP contribution in [0.2, 0.25) is 0 Å². The number of hydrogen-bond acceptors (Lipinski definition) is 3. The third kappa shape index (κ3) is 2.91. The summed E-state index contributed by atoms with van der Waals surface area (Å²) >= 11 is 0. The van der Waals surface area contributed by atoms with Crippen LogP contribution in [-0.2, 0) is 9.59 Å². The highest BCUT2D eigenvalue weighted by atomic mass is 16.4. The van der Waals surface area contributed by atoms with Gasteiger partial charge in [0.1, 0.15) is 0 Å². The summed E-state index contributed by atoms with van der Waals surface area (Å²) in [5, 5.41) is 12.7. The maximum atomic E-state index is 12.4. The molecule has 1 unspecified atom stereocenters. The van der Waals surface area contributed by atoms with Gasteiger partial charge >= 0.3 is 5.97 Å². The van der Waals surface area contributed by atoms with E-state index in [1.54, 1.807) is 4.90 Å². The van der Waals surface area contributed by atoms with E-state index in [-0.39, 0.29) is 11.9 Å². The lowest BCUT2D eigenvalue weighted by atomic mass is 9.83. The van der Waals surface area contributed by atoms with Crippen LogP contribution in [0.4, 0.5) is 0 Å². The van der Waals surface area contributed by atoms with Crippen molar-refractivity contribution in [3.63, 3.8) is 0 Å². The van der Waals surface area contributed by atoms with E-state index in [1.807, 2.05) is 6.92 Å². The van der Waals surface area contributed by atoms with Gasteiger partial charge in [0.25, 0.3) is 0 Å². The van der Waals surface area contributed by atoms with Crippen molar-refractivity contribution in [3.8, 4) is 0 Å². The van der Waals surface area contributed by atoms with E-state index in [0.717, 1.165) is 32.2 Å². The zero-order chi connectivity index (χ0) is 13.9.